The van der Waals surface area contributed by atoms with Crippen molar-refractivity contribution in [2.24, 2.45) is 0 Å². The van der Waals surface area contributed by atoms with Gasteiger partial charge in [0.25, 0.3) is 0 Å². The van der Waals surface area contributed by atoms with Crippen LogP contribution in [0.5, 0.6) is 0 Å². The molecular weight excluding hydrogens is 302 g/mol. The molecule has 0 atom stereocenters. The lowest BCUT2D eigenvalue weighted by molar-refractivity contribution is -0.136. The van der Waals surface area contributed by atoms with Crippen LogP contribution in [-0.2, 0) is 19.9 Å². The van der Waals surface area contributed by atoms with Crippen molar-refractivity contribution in [3.05, 3.63) is 12.2 Å². The van der Waals surface area contributed by atoms with E-state index in [-0.39, 0.29) is 27.9 Å². The third-order valence-corrected chi connectivity index (χ3v) is 1.33. The third-order valence-electron chi connectivity index (χ3n) is 1.33. The normalized spacial score (nSPS) is 8.30. The molecule has 0 bridgehead atoms. The van der Waals surface area contributed by atoms with Gasteiger partial charge in [0.1, 0.15) is 0 Å². The molecule has 0 aliphatic heterocycles. The van der Waals surface area contributed by atoms with E-state index in [4.69, 9.17) is 17.5 Å². The monoisotopic (exact) mass is 327 g/mol. The van der Waals surface area contributed by atoms with Crippen molar-refractivity contribution in [3.8, 4) is 0 Å². The maximum Gasteiger partial charge on any atom is 0.394 e. The Labute approximate surface area is 117 Å². The fraction of sp³-hybridized carbons (Fsp3) is 0.625. The summed E-state index contributed by atoms with van der Waals surface area (Å²) in [4.78, 5) is 12.8. The van der Waals surface area contributed by atoms with Gasteiger partial charge >= 0.3 is 16.4 Å². The molecule has 0 aliphatic rings. The zero-order valence-corrected chi connectivity index (χ0v) is 12.3. The molecule has 0 amide bonds. The van der Waals surface area contributed by atoms with Gasteiger partial charge in [-0.05, 0) is 20.5 Å². The third kappa shape index (κ3) is 43.6. The minimum absolute atomic E-state index is 0. The average molecular weight is 327 g/mol. The first kappa shape index (κ1) is 36.4. The predicted octanol–water partition coefficient (Wildman–Crippen LogP) is -3.28. The molecule has 0 spiro atoms. The van der Waals surface area contributed by atoms with E-state index in [1.165, 1.54) is 7.11 Å². The van der Waals surface area contributed by atoms with Crippen LogP contribution in [0.2, 0.25) is 0 Å². The summed E-state index contributed by atoms with van der Waals surface area (Å²) in [6.45, 7) is 4.42. The van der Waals surface area contributed by atoms with Crippen LogP contribution >= 0.6 is 0 Å². The van der Waals surface area contributed by atoms with Crippen LogP contribution in [0.15, 0.2) is 12.2 Å². The number of hydrogen-bond donors (Lipinski definition) is 2. The van der Waals surface area contributed by atoms with Crippen LogP contribution in [0, 0.1) is 0 Å². The Morgan fingerprint density at radius 2 is 1.45 bits per heavy atom. The summed E-state index contributed by atoms with van der Waals surface area (Å²) in [7, 11) is 0.596. The first-order valence-electron chi connectivity index (χ1n) is 4.18. The summed E-state index contributed by atoms with van der Waals surface area (Å²) in [5, 5.41) is 0. The lowest BCUT2D eigenvalue weighted by Gasteiger charge is -2.09. The highest BCUT2D eigenvalue weighted by Gasteiger charge is 2.05. The number of nitrogens with zero attached hydrogens (tertiary/aromatic N) is 1. The smallest absolute Gasteiger partial charge is 0.394 e. The highest BCUT2D eigenvalue weighted by atomic mass is 32.3. The van der Waals surface area contributed by atoms with Crippen LogP contribution in [0.3, 0.4) is 0 Å². The minimum atomic E-state index is -4.67. The molecular formula is C8H25NO10S. The number of rotatable bonds is 4. The Morgan fingerprint density at radius 1 is 1.15 bits per heavy atom. The summed E-state index contributed by atoms with van der Waals surface area (Å²) in [6.07, 6.45) is 0.666. The second kappa shape index (κ2) is 17.9. The van der Waals surface area contributed by atoms with Crippen LogP contribution in [0.25, 0.3) is 0 Å². The fourth-order valence-electron chi connectivity index (χ4n) is 0.605. The topological polar surface area (TPSA) is 230 Å². The lowest BCUT2D eigenvalue weighted by Crippen LogP contribution is -2.16. The van der Waals surface area contributed by atoms with Gasteiger partial charge < -0.3 is 31.5 Å². The van der Waals surface area contributed by atoms with Gasteiger partial charge in [-0.25, -0.2) is 4.79 Å². The Kier molecular flexibility index (Phi) is 32.5. The Hall–Kier alpha value is -1.12. The molecule has 0 aromatic rings. The molecule has 0 aromatic carbocycles. The zero-order chi connectivity index (χ0) is 13.4. The summed E-state index contributed by atoms with van der Waals surface area (Å²) in [6, 6.07) is 0. The minimum Gasteiger partial charge on any atom is -0.466 e. The van der Waals surface area contributed by atoms with Gasteiger partial charge in [-0.2, -0.15) is 8.42 Å². The zero-order valence-electron chi connectivity index (χ0n) is 11.5. The molecule has 0 heterocycles. The van der Waals surface area contributed by atoms with E-state index >= 15 is 0 Å². The van der Waals surface area contributed by atoms with Gasteiger partial charge in [-0.1, -0.05) is 6.58 Å². The molecule has 0 rings (SSSR count). The largest absolute Gasteiger partial charge is 0.466 e. The average Bonchev–Trinajstić information content (AvgIpc) is 2.10. The van der Waals surface area contributed by atoms with Crippen LogP contribution in [0.4, 0.5) is 0 Å². The summed E-state index contributed by atoms with van der Waals surface area (Å²) >= 11 is 0. The van der Waals surface area contributed by atoms with E-state index in [1.54, 1.807) is 0 Å². The molecule has 20 heavy (non-hydrogen) atoms. The van der Waals surface area contributed by atoms with E-state index in [9.17, 15) is 4.79 Å². The molecule has 10 N–H and O–H groups in total. The van der Waals surface area contributed by atoms with Gasteiger partial charge in [0.2, 0.25) is 0 Å². The first-order chi connectivity index (χ1) is 7.07. The Balaban J connectivity index is -0.0000000482. The van der Waals surface area contributed by atoms with Crippen LogP contribution < -0.4 is 0 Å². The van der Waals surface area contributed by atoms with Crippen molar-refractivity contribution in [1.29, 1.82) is 0 Å². The summed E-state index contributed by atoms with van der Waals surface area (Å²) in [5.74, 6) is -0.313. The van der Waals surface area contributed by atoms with E-state index in [0.29, 0.717) is 12.0 Å². The van der Waals surface area contributed by atoms with Gasteiger partial charge in [0, 0.05) is 12.1 Å². The second-order valence-electron chi connectivity index (χ2n) is 3.10. The summed E-state index contributed by atoms with van der Waals surface area (Å²) in [5.41, 5.74) is 0.529. The van der Waals surface area contributed by atoms with Gasteiger partial charge in [-0.15, -0.1) is 0 Å². The molecule has 12 heteroatoms. The van der Waals surface area contributed by atoms with E-state index in [1.807, 2.05) is 19.0 Å². The number of hydrogen-bond acceptors (Lipinski definition) is 5. The maximum absolute atomic E-state index is 10.8. The molecule has 0 fully saturated rings. The lowest BCUT2D eigenvalue weighted by atomic mass is 10.2. The molecule has 0 saturated heterocycles. The van der Waals surface area contributed by atoms with Crippen molar-refractivity contribution in [2.75, 3.05) is 27.7 Å². The van der Waals surface area contributed by atoms with Crippen molar-refractivity contribution in [2.45, 2.75) is 6.42 Å². The van der Waals surface area contributed by atoms with Crippen molar-refractivity contribution in [1.82, 2.24) is 4.90 Å². The molecule has 0 radical (unpaired) electrons. The highest BCUT2D eigenvalue weighted by Crippen LogP contribution is 2.00. The molecule has 0 aliphatic carbocycles. The highest BCUT2D eigenvalue weighted by molar-refractivity contribution is 7.79. The molecule has 0 unspecified atom stereocenters. The Bertz CT molecular complexity index is 318. The van der Waals surface area contributed by atoms with Crippen LogP contribution in [-0.4, -0.2) is 78.0 Å². The number of carbonyl (C=O) groups is 1. The molecule has 11 nitrogen and oxygen atoms in total. The van der Waals surface area contributed by atoms with E-state index < -0.39 is 10.4 Å². The van der Waals surface area contributed by atoms with Gasteiger partial charge in [0.05, 0.1) is 7.11 Å². The van der Waals surface area contributed by atoms with E-state index in [2.05, 4.69) is 11.3 Å². The predicted molar refractivity (Wildman–Crippen MR) is 73.0 cm³/mol. The fourth-order valence-corrected chi connectivity index (χ4v) is 0.605. The molecule has 0 saturated carbocycles. The SMILES string of the molecule is C=C(CCN(C)C)C(=O)OC.O.O.O.O.O=S(=O)(O)O. The number of esters is 1. The maximum atomic E-state index is 10.8. The van der Waals surface area contributed by atoms with Crippen molar-refractivity contribution < 1.29 is 49.0 Å². The Morgan fingerprint density at radius 3 is 1.65 bits per heavy atom. The standard InChI is InChI=1S/C8H15NO2.H2O4S.4H2O/c1-7(8(10)11-4)5-6-9(2)3;1-5(2,3)4;;;;/h1,5-6H2,2-4H3;(H2,1,2,3,4);4*1H2. The first-order valence-corrected chi connectivity index (χ1v) is 5.58. The molecule has 128 valence electrons. The quantitative estimate of drug-likeness (QED) is 0.303. The van der Waals surface area contributed by atoms with Crippen molar-refractivity contribution in [3.63, 3.8) is 0 Å². The summed E-state index contributed by atoms with van der Waals surface area (Å²) < 4.78 is 36.1. The van der Waals surface area contributed by atoms with E-state index in [0.717, 1.165) is 6.54 Å². The van der Waals surface area contributed by atoms with Gasteiger partial charge in [-0.3, -0.25) is 9.11 Å². The number of methoxy groups -OCH3 is 1. The van der Waals surface area contributed by atoms with Gasteiger partial charge in [0.15, 0.2) is 0 Å². The number of ether oxygens (including phenoxy) is 1. The van der Waals surface area contributed by atoms with Crippen molar-refractivity contribution >= 4 is 16.4 Å². The van der Waals surface area contributed by atoms with Crippen LogP contribution in [0.1, 0.15) is 6.42 Å². The number of carbonyl (C=O) groups excluding carboxylic acids is 1. The molecule has 0 aromatic heterocycles. The second-order valence-corrected chi connectivity index (χ2v) is 3.99.